The van der Waals surface area contributed by atoms with Gasteiger partial charge in [0.05, 0.1) is 17.2 Å². The van der Waals surface area contributed by atoms with Crippen LogP contribution in [0, 0.1) is 22.7 Å². The van der Waals surface area contributed by atoms with Crippen molar-refractivity contribution in [3.8, 4) is 45.5 Å². The Bertz CT molecular complexity index is 2450. The van der Waals surface area contributed by atoms with Crippen LogP contribution in [-0.2, 0) is 0 Å². The van der Waals surface area contributed by atoms with Crippen molar-refractivity contribution in [3.05, 3.63) is 132 Å². The molecule has 0 fully saturated rings. The highest BCUT2D eigenvalue weighted by Crippen LogP contribution is 2.44. The van der Waals surface area contributed by atoms with Crippen LogP contribution >= 0.6 is 11.3 Å². The largest absolute Gasteiger partial charge is 0.456 e. The lowest BCUT2D eigenvalue weighted by atomic mass is 9.87. The van der Waals surface area contributed by atoms with Gasteiger partial charge in [0.1, 0.15) is 17.2 Å². The maximum Gasteiger partial charge on any atom is 0.136 e. The normalized spacial score (nSPS) is 11.3. The smallest absolute Gasteiger partial charge is 0.136 e. The zero-order valence-corrected chi connectivity index (χ0v) is 23.1. The van der Waals surface area contributed by atoms with Gasteiger partial charge in [-0.05, 0) is 59.2 Å². The number of furan rings is 1. The van der Waals surface area contributed by atoms with E-state index >= 15 is 0 Å². The molecular weight excluding hydrogens is 532 g/mol. The number of hydrogen-bond donors (Lipinski definition) is 0. The third kappa shape index (κ3) is 3.64. The molecule has 2 aromatic heterocycles. The molecule has 194 valence electrons. The van der Waals surface area contributed by atoms with Crippen molar-refractivity contribution < 1.29 is 4.42 Å². The lowest BCUT2D eigenvalue weighted by Gasteiger charge is -2.15. The molecule has 0 bridgehead atoms. The molecule has 0 radical (unpaired) electrons. The molecule has 0 spiro atoms. The van der Waals surface area contributed by atoms with Crippen molar-refractivity contribution in [2.45, 2.75) is 0 Å². The van der Waals surface area contributed by atoms with E-state index in [-0.39, 0.29) is 0 Å². The molecule has 0 aliphatic carbocycles. The number of para-hydroxylation sites is 1. The molecule has 8 aromatic rings. The number of nitrogens with zero attached hydrogens (tertiary/aromatic N) is 2. The first kappa shape index (κ1) is 24.1. The van der Waals surface area contributed by atoms with Crippen LogP contribution in [0.15, 0.2) is 126 Å². The molecule has 0 aliphatic heterocycles. The van der Waals surface area contributed by atoms with Crippen LogP contribution in [0.5, 0.6) is 0 Å². The van der Waals surface area contributed by atoms with Crippen LogP contribution in [0.2, 0.25) is 0 Å². The van der Waals surface area contributed by atoms with Gasteiger partial charge in [0.25, 0.3) is 0 Å². The van der Waals surface area contributed by atoms with Crippen molar-refractivity contribution >= 4 is 53.4 Å². The highest BCUT2D eigenvalue weighted by molar-refractivity contribution is 7.26. The van der Waals surface area contributed by atoms with Gasteiger partial charge in [-0.3, -0.25) is 0 Å². The van der Waals surface area contributed by atoms with Crippen LogP contribution in [0.4, 0.5) is 0 Å². The second-order valence-electron chi connectivity index (χ2n) is 10.3. The molecule has 0 saturated heterocycles. The second-order valence-corrected chi connectivity index (χ2v) is 11.4. The quantitative estimate of drug-likeness (QED) is 0.219. The molecule has 0 N–H and O–H groups in total. The first-order chi connectivity index (χ1) is 20.7. The molecule has 0 aliphatic rings. The fourth-order valence-corrected chi connectivity index (χ4v) is 7.27. The highest BCUT2D eigenvalue weighted by atomic mass is 32.1. The summed E-state index contributed by atoms with van der Waals surface area (Å²) in [7, 11) is 0. The summed E-state index contributed by atoms with van der Waals surface area (Å²) in [6.07, 6.45) is 0. The van der Waals surface area contributed by atoms with Gasteiger partial charge in [0, 0.05) is 47.6 Å². The predicted octanol–water partition coefficient (Wildman–Crippen LogP) is 10.7. The summed E-state index contributed by atoms with van der Waals surface area (Å²) in [4.78, 5) is 0. The Balaban J connectivity index is 1.46. The van der Waals surface area contributed by atoms with Crippen molar-refractivity contribution in [2.24, 2.45) is 0 Å². The number of hydrogen-bond acceptors (Lipinski definition) is 4. The van der Waals surface area contributed by atoms with Crippen LogP contribution in [0.3, 0.4) is 0 Å². The number of benzene rings is 6. The van der Waals surface area contributed by atoms with Crippen LogP contribution in [0.25, 0.3) is 75.5 Å². The van der Waals surface area contributed by atoms with E-state index in [9.17, 15) is 10.5 Å². The number of nitriles is 2. The summed E-state index contributed by atoms with van der Waals surface area (Å²) < 4.78 is 8.57. The maximum atomic E-state index is 10.7. The summed E-state index contributed by atoms with van der Waals surface area (Å²) in [5.74, 6) is 0. The highest BCUT2D eigenvalue weighted by Gasteiger charge is 2.20. The minimum atomic E-state index is 0.590. The van der Waals surface area contributed by atoms with Crippen LogP contribution in [0.1, 0.15) is 11.1 Å². The zero-order valence-electron chi connectivity index (χ0n) is 22.3. The third-order valence-corrected chi connectivity index (χ3v) is 9.21. The molecule has 8 rings (SSSR count). The Morgan fingerprint density at radius 2 is 1.21 bits per heavy atom. The molecule has 4 heteroatoms. The summed E-state index contributed by atoms with van der Waals surface area (Å²) in [6.45, 7) is 0. The maximum absolute atomic E-state index is 10.7. The fraction of sp³-hybridized carbons (Fsp3) is 0. The van der Waals surface area contributed by atoms with Gasteiger partial charge in [0.15, 0.2) is 0 Å². The third-order valence-electron chi connectivity index (χ3n) is 7.99. The standard InChI is InChI=1S/C38H20N2OS/c39-21-24-8-1-2-9-26(24)25-18-32(23-16-17-28-27-10-3-5-14-35(27)41-36(28)20-23)34(22-40)33(19-25)31-13-7-12-30-29-11-4-6-15-37(29)42-38(30)31/h1-20H. The van der Waals surface area contributed by atoms with E-state index in [1.165, 1.54) is 15.5 Å². The van der Waals surface area contributed by atoms with E-state index in [2.05, 4.69) is 78.9 Å². The Kier molecular flexibility index (Phi) is 5.44. The van der Waals surface area contributed by atoms with Crippen molar-refractivity contribution in [1.82, 2.24) is 0 Å². The predicted molar refractivity (Wildman–Crippen MR) is 172 cm³/mol. The Hall–Kier alpha value is -5.68. The molecule has 6 aromatic carbocycles. The van der Waals surface area contributed by atoms with Crippen LogP contribution < -0.4 is 0 Å². The van der Waals surface area contributed by atoms with E-state index < -0.39 is 0 Å². The summed E-state index contributed by atoms with van der Waals surface area (Å²) >= 11 is 1.74. The minimum absolute atomic E-state index is 0.590. The first-order valence-electron chi connectivity index (χ1n) is 13.6. The van der Waals surface area contributed by atoms with Gasteiger partial charge in [0.2, 0.25) is 0 Å². The zero-order chi connectivity index (χ0) is 28.2. The SMILES string of the molecule is N#Cc1ccccc1-c1cc(-c2ccc3c(c2)oc2ccccc23)c(C#N)c(-c2cccc3c2sc2ccccc23)c1. The first-order valence-corrected chi connectivity index (χ1v) is 14.4. The van der Waals surface area contributed by atoms with Gasteiger partial charge in [-0.2, -0.15) is 10.5 Å². The minimum Gasteiger partial charge on any atom is -0.456 e. The van der Waals surface area contributed by atoms with Gasteiger partial charge >= 0.3 is 0 Å². The summed E-state index contributed by atoms with van der Waals surface area (Å²) in [5, 5.41) is 25.1. The fourth-order valence-electron chi connectivity index (χ4n) is 6.04. The topological polar surface area (TPSA) is 60.7 Å². The van der Waals surface area contributed by atoms with E-state index in [1.54, 1.807) is 11.3 Å². The van der Waals surface area contributed by atoms with Gasteiger partial charge < -0.3 is 4.42 Å². The van der Waals surface area contributed by atoms with Crippen LogP contribution in [-0.4, -0.2) is 0 Å². The second kappa shape index (κ2) is 9.46. The molecule has 42 heavy (non-hydrogen) atoms. The van der Waals surface area contributed by atoms with Crippen molar-refractivity contribution in [3.63, 3.8) is 0 Å². The van der Waals surface area contributed by atoms with E-state index in [0.29, 0.717) is 11.1 Å². The van der Waals surface area contributed by atoms with Gasteiger partial charge in [-0.25, -0.2) is 0 Å². The number of thiophene rings is 1. The van der Waals surface area contributed by atoms with Crippen molar-refractivity contribution in [1.29, 1.82) is 10.5 Å². The number of rotatable bonds is 3. The molecule has 0 unspecified atom stereocenters. The lowest BCUT2D eigenvalue weighted by Crippen LogP contribution is -1.94. The Morgan fingerprint density at radius 3 is 2.10 bits per heavy atom. The molecule has 2 heterocycles. The van der Waals surface area contributed by atoms with Gasteiger partial charge in [-0.1, -0.05) is 78.9 Å². The Labute approximate surface area is 245 Å². The lowest BCUT2D eigenvalue weighted by molar-refractivity contribution is 0.669. The molecular formula is C38H20N2OS. The van der Waals surface area contributed by atoms with E-state index in [4.69, 9.17) is 4.42 Å². The Morgan fingerprint density at radius 1 is 0.500 bits per heavy atom. The molecule has 3 nitrogen and oxygen atoms in total. The van der Waals surface area contributed by atoms with Crippen molar-refractivity contribution in [2.75, 3.05) is 0 Å². The monoisotopic (exact) mass is 552 g/mol. The molecule has 0 amide bonds. The summed E-state index contributed by atoms with van der Waals surface area (Å²) in [5.41, 5.74) is 8.05. The van der Waals surface area contributed by atoms with Gasteiger partial charge in [-0.15, -0.1) is 11.3 Å². The average Bonchev–Trinajstić information content (AvgIpc) is 3.62. The molecule has 0 atom stereocenters. The summed E-state index contributed by atoms with van der Waals surface area (Å²) in [6, 6.07) is 45.5. The van der Waals surface area contributed by atoms with E-state index in [1.807, 2.05) is 54.6 Å². The number of fused-ring (bicyclic) bond motifs is 6. The van der Waals surface area contributed by atoms with E-state index in [0.717, 1.165) is 60.0 Å². The average molecular weight is 553 g/mol. The molecule has 0 saturated carbocycles.